The van der Waals surface area contributed by atoms with E-state index in [1.165, 1.54) is 23.3 Å². The Hall–Kier alpha value is -1.21. The lowest BCUT2D eigenvalue weighted by Crippen LogP contribution is -2.41. The van der Waals surface area contributed by atoms with Crippen molar-refractivity contribution in [3.8, 4) is 0 Å². The number of aryl methyl sites for hydroxylation is 1. The van der Waals surface area contributed by atoms with Gasteiger partial charge in [0.05, 0.1) is 25.5 Å². The van der Waals surface area contributed by atoms with Crippen LogP contribution in [0.2, 0.25) is 0 Å². The van der Waals surface area contributed by atoms with Crippen LogP contribution in [0.25, 0.3) is 0 Å². The minimum Gasteiger partial charge on any atom is -0.389 e. The third-order valence-electron chi connectivity index (χ3n) is 4.52. The first-order chi connectivity index (χ1) is 11.7. The molecule has 2 aromatic rings. The van der Waals surface area contributed by atoms with E-state index in [0.717, 1.165) is 19.6 Å². The van der Waals surface area contributed by atoms with Crippen LogP contribution in [0.1, 0.15) is 23.3 Å². The van der Waals surface area contributed by atoms with Crippen molar-refractivity contribution in [1.82, 2.24) is 14.7 Å². The molecule has 0 bridgehead atoms. The maximum absolute atomic E-state index is 10.2. The van der Waals surface area contributed by atoms with Gasteiger partial charge in [0, 0.05) is 24.2 Å². The largest absolute Gasteiger partial charge is 0.389 e. The Labute approximate surface area is 147 Å². The second-order valence-corrected chi connectivity index (χ2v) is 7.76. The minimum absolute atomic E-state index is 0.407. The van der Waals surface area contributed by atoms with Gasteiger partial charge in [0.15, 0.2) is 0 Å². The molecular formula is C18H27N3O2S. The molecule has 1 unspecified atom stereocenters. The molecular weight excluding hydrogens is 322 g/mol. The van der Waals surface area contributed by atoms with Crippen molar-refractivity contribution in [2.75, 3.05) is 26.2 Å². The van der Waals surface area contributed by atoms with E-state index >= 15 is 0 Å². The Morgan fingerprint density at radius 1 is 1.42 bits per heavy atom. The topological polar surface area (TPSA) is 50.5 Å². The number of aliphatic hydroxyl groups is 1. The predicted octanol–water partition coefficient (Wildman–Crippen LogP) is 2.54. The third-order valence-corrected chi connectivity index (χ3v) is 5.37. The number of thiophene rings is 1. The number of β-amino-alcohol motifs (C(OH)–C–C–N with tert-alkyl or cyclic N) is 1. The number of aromatic nitrogens is 2. The SMILES string of the molecule is Cc1cnn(CC2CCN(CC(O)COCc3cccs3)CC2)c1. The van der Waals surface area contributed by atoms with Crippen LogP contribution in [-0.2, 0) is 17.9 Å². The Bertz CT molecular complexity index is 591. The monoisotopic (exact) mass is 349 g/mol. The summed E-state index contributed by atoms with van der Waals surface area (Å²) >= 11 is 1.69. The summed E-state index contributed by atoms with van der Waals surface area (Å²) in [5, 5.41) is 16.6. The number of rotatable bonds is 8. The van der Waals surface area contributed by atoms with E-state index in [-0.39, 0.29) is 0 Å². The molecule has 1 atom stereocenters. The summed E-state index contributed by atoms with van der Waals surface area (Å²) in [7, 11) is 0. The van der Waals surface area contributed by atoms with Gasteiger partial charge < -0.3 is 14.7 Å². The first-order valence-electron chi connectivity index (χ1n) is 8.68. The second kappa shape index (κ2) is 8.76. The average Bonchev–Trinajstić information content (AvgIpc) is 3.21. The average molecular weight is 350 g/mol. The zero-order valence-corrected chi connectivity index (χ0v) is 15.1. The van der Waals surface area contributed by atoms with E-state index in [1.54, 1.807) is 11.3 Å². The Morgan fingerprint density at radius 2 is 2.25 bits per heavy atom. The van der Waals surface area contributed by atoms with E-state index in [1.807, 2.05) is 17.6 Å². The number of likely N-dealkylation sites (tertiary alicyclic amines) is 1. The maximum atomic E-state index is 10.2. The molecule has 0 radical (unpaired) electrons. The molecule has 1 aliphatic rings. The molecule has 0 spiro atoms. The third kappa shape index (κ3) is 5.41. The quantitative estimate of drug-likeness (QED) is 0.796. The molecule has 3 heterocycles. The highest BCUT2D eigenvalue weighted by Gasteiger charge is 2.21. The molecule has 1 saturated heterocycles. The van der Waals surface area contributed by atoms with Gasteiger partial charge in [-0.05, 0) is 55.8 Å². The van der Waals surface area contributed by atoms with E-state index < -0.39 is 6.10 Å². The van der Waals surface area contributed by atoms with Gasteiger partial charge in [0.1, 0.15) is 0 Å². The Kier molecular flexibility index (Phi) is 6.43. The highest BCUT2D eigenvalue weighted by Crippen LogP contribution is 2.19. The van der Waals surface area contributed by atoms with Gasteiger partial charge in [0.25, 0.3) is 0 Å². The Morgan fingerprint density at radius 3 is 2.92 bits per heavy atom. The van der Waals surface area contributed by atoms with Crippen molar-refractivity contribution in [3.63, 3.8) is 0 Å². The molecule has 0 amide bonds. The molecule has 2 aromatic heterocycles. The van der Waals surface area contributed by atoms with Crippen molar-refractivity contribution in [2.45, 2.75) is 39.0 Å². The Balaban J connectivity index is 1.31. The first-order valence-corrected chi connectivity index (χ1v) is 9.56. The molecule has 1 fully saturated rings. The molecule has 6 heteroatoms. The zero-order valence-electron chi connectivity index (χ0n) is 14.3. The minimum atomic E-state index is -0.407. The maximum Gasteiger partial charge on any atom is 0.0900 e. The van der Waals surface area contributed by atoms with Crippen molar-refractivity contribution in [1.29, 1.82) is 0 Å². The van der Waals surface area contributed by atoms with Crippen molar-refractivity contribution >= 4 is 11.3 Å². The fraction of sp³-hybridized carbons (Fsp3) is 0.611. The number of piperidine rings is 1. The molecule has 3 rings (SSSR count). The summed E-state index contributed by atoms with van der Waals surface area (Å²) in [6.45, 7) is 6.89. The van der Waals surface area contributed by atoms with Crippen LogP contribution >= 0.6 is 11.3 Å². The molecule has 0 aromatic carbocycles. The van der Waals surface area contributed by atoms with E-state index in [4.69, 9.17) is 4.74 Å². The molecule has 1 N–H and O–H groups in total. The number of nitrogens with zero attached hydrogens (tertiary/aromatic N) is 3. The van der Waals surface area contributed by atoms with Gasteiger partial charge >= 0.3 is 0 Å². The van der Waals surface area contributed by atoms with Crippen molar-refractivity contribution in [3.05, 3.63) is 40.3 Å². The molecule has 0 aliphatic carbocycles. The summed E-state index contributed by atoms with van der Waals surface area (Å²) in [4.78, 5) is 3.56. The number of ether oxygens (including phenoxy) is 1. The highest BCUT2D eigenvalue weighted by molar-refractivity contribution is 7.09. The van der Waals surface area contributed by atoms with Crippen molar-refractivity contribution < 1.29 is 9.84 Å². The summed E-state index contributed by atoms with van der Waals surface area (Å²) < 4.78 is 7.66. The van der Waals surface area contributed by atoms with Crippen LogP contribution in [-0.4, -0.2) is 52.1 Å². The van der Waals surface area contributed by atoms with Crippen LogP contribution in [0.5, 0.6) is 0 Å². The van der Waals surface area contributed by atoms with Crippen LogP contribution in [0, 0.1) is 12.8 Å². The lowest BCUT2D eigenvalue weighted by molar-refractivity contribution is 0.00463. The second-order valence-electron chi connectivity index (χ2n) is 6.73. The molecule has 24 heavy (non-hydrogen) atoms. The van der Waals surface area contributed by atoms with Gasteiger partial charge in [-0.2, -0.15) is 5.10 Å². The number of aliphatic hydroxyl groups excluding tert-OH is 1. The fourth-order valence-electron chi connectivity index (χ4n) is 3.22. The van der Waals surface area contributed by atoms with E-state index in [9.17, 15) is 5.11 Å². The van der Waals surface area contributed by atoms with E-state index in [0.29, 0.717) is 25.7 Å². The summed E-state index contributed by atoms with van der Waals surface area (Å²) in [5.74, 6) is 0.688. The van der Waals surface area contributed by atoms with Gasteiger partial charge in [-0.1, -0.05) is 6.07 Å². The van der Waals surface area contributed by atoms with Gasteiger partial charge in [-0.25, -0.2) is 0 Å². The number of hydrogen-bond acceptors (Lipinski definition) is 5. The lowest BCUT2D eigenvalue weighted by atomic mass is 9.96. The lowest BCUT2D eigenvalue weighted by Gasteiger charge is -2.33. The summed E-state index contributed by atoms with van der Waals surface area (Å²) in [5.41, 5.74) is 1.22. The van der Waals surface area contributed by atoms with Crippen LogP contribution < -0.4 is 0 Å². The summed E-state index contributed by atoms with van der Waals surface area (Å²) in [6, 6.07) is 4.08. The smallest absolute Gasteiger partial charge is 0.0900 e. The van der Waals surface area contributed by atoms with Gasteiger partial charge in [0.2, 0.25) is 0 Å². The summed E-state index contributed by atoms with van der Waals surface area (Å²) in [6.07, 6.45) is 5.96. The first kappa shape index (κ1) is 17.6. The fourth-order valence-corrected chi connectivity index (χ4v) is 3.86. The normalized spacial score (nSPS) is 18.1. The van der Waals surface area contributed by atoms with Crippen LogP contribution in [0.3, 0.4) is 0 Å². The number of hydrogen-bond donors (Lipinski definition) is 1. The van der Waals surface area contributed by atoms with Crippen molar-refractivity contribution in [2.24, 2.45) is 5.92 Å². The molecule has 132 valence electrons. The molecule has 5 nitrogen and oxygen atoms in total. The molecule has 0 saturated carbocycles. The molecule has 1 aliphatic heterocycles. The van der Waals surface area contributed by atoms with Crippen LogP contribution in [0.4, 0.5) is 0 Å². The van der Waals surface area contributed by atoms with Gasteiger partial charge in [-0.15, -0.1) is 11.3 Å². The van der Waals surface area contributed by atoms with E-state index in [2.05, 4.69) is 33.9 Å². The highest BCUT2D eigenvalue weighted by atomic mass is 32.1. The standard InChI is InChI=1S/C18H27N3O2S/c1-15-9-19-21(10-15)11-16-4-6-20(7-5-16)12-17(22)13-23-14-18-3-2-8-24-18/h2-3,8-10,16-17,22H,4-7,11-14H2,1H3. The van der Waals surface area contributed by atoms with Crippen LogP contribution in [0.15, 0.2) is 29.9 Å². The van der Waals surface area contributed by atoms with Gasteiger partial charge in [-0.3, -0.25) is 4.68 Å². The predicted molar refractivity (Wildman–Crippen MR) is 96.1 cm³/mol. The zero-order chi connectivity index (χ0) is 16.8.